The van der Waals surface area contributed by atoms with Crippen LogP contribution in [0.1, 0.15) is 5.56 Å². The molecule has 4 rings (SSSR count). The van der Waals surface area contributed by atoms with Gasteiger partial charge in [-0.3, -0.25) is 9.88 Å². The maximum atomic E-state index is 5.43. The number of halogens is 1. The number of anilines is 1. The fraction of sp³-hybridized carbons (Fsp3) is 0.318. The standard InChI is InChI=1S/C22H24BrN3O/c1-27-22-15-19(6-7-20(22)23)26-12-10-25(11-13-26)9-8-17-14-18-4-2-3-5-21(18)24-16-17/h2-7,14-16H,8-13H2,1H3. The highest BCUT2D eigenvalue weighted by Gasteiger charge is 2.18. The SMILES string of the molecule is COc1cc(N2CCN(CCc3cnc4ccccc4c3)CC2)ccc1Br. The number of hydrogen-bond acceptors (Lipinski definition) is 4. The van der Waals surface area contributed by atoms with Gasteiger partial charge in [0.15, 0.2) is 0 Å². The summed E-state index contributed by atoms with van der Waals surface area (Å²) < 4.78 is 6.42. The lowest BCUT2D eigenvalue weighted by atomic mass is 10.1. The zero-order valence-electron chi connectivity index (χ0n) is 15.6. The molecule has 5 heteroatoms. The van der Waals surface area contributed by atoms with Gasteiger partial charge in [0.1, 0.15) is 5.75 Å². The zero-order chi connectivity index (χ0) is 18.6. The number of benzene rings is 2. The summed E-state index contributed by atoms with van der Waals surface area (Å²) >= 11 is 3.53. The van der Waals surface area contributed by atoms with E-state index in [1.807, 2.05) is 12.3 Å². The predicted octanol–water partition coefficient (Wildman–Crippen LogP) is 4.37. The highest BCUT2D eigenvalue weighted by molar-refractivity contribution is 9.10. The minimum Gasteiger partial charge on any atom is -0.495 e. The van der Waals surface area contributed by atoms with Crippen LogP contribution >= 0.6 is 15.9 Å². The number of rotatable bonds is 5. The molecule has 1 aliphatic rings. The third-order valence-electron chi connectivity index (χ3n) is 5.24. The van der Waals surface area contributed by atoms with Crippen molar-refractivity contribution >= 4 is 32.5 Å². The minimum atomic E-state index is 0.888. The van der Waals surface area contributed by atoms with Crippen molar-refractivity contribution in [2.24, 2.45) is 0 Å². The molecule has 140 valence electrons. The summed E-state index contributed by atoms with van der Waals surface area (Å²) in [5, 5.41) is 1.23. The van der Waals surface area contributed by atoms with E-state index in [-0.39, 0.29) is 0 Å². The second kappa shape index (κ2) is 8.28. The first-order valence-corrected chi connectivity index (χ1v) is 10.2. The zero-order valence-corrected chi connectivity index (χ0v) is 17.2. The van der Waals surface area contributed by atoms with E-state index < -0.39 is 0 Å². The molecule has 3 aromatic rings. The Labute approximate surface area is 168 Å². The first-order valence-electron chi connectivity index (χ1n) is 9.37. The summed E-state index contributed by atoms with van der Waals surface area (Å²) in [7, 11) is 1.71. The van der Waals surface area contributed by atoms with Gasteiger partial charge in [0.2, 0.25) is 0 Å². The van der Waals surface area contributed by atoms with Gasteiger partial charge in [-0.2, -0.15) is 0 Å². The Morgan fingerprint density at radius 2 is 1.85 bits per heavy atom. The average Bonchev–Trinajstić information content (AvgIpc) is 2.73. The molecule has 4 nitrogen and oxygen atoms in total. The summed E-state index contributed by atoms with van der Waals surface area (Å²) in [6, 6.07) is 16.9. The number of piperazine rings is 1. The first kappa shape index (κ1) is 18.3. The molecule has 0 aliphatic carbocycles. The molecular formula is C22H24BrN3O. The first-order chi connectivity index (χ1) is 13.2. The summed E-state index contributed by atoms with van der Waals surface area (Å²) in [4.78, 5) is 9.55. The van der Waals surface area contributed by atoms with E-state index in [2.05, 4.69) is 73.2 Å². The molecule has 1 aliphatic heterocycles. The number of nitrogens with zero attached hydrogens (tertiary/aromatic N) is 3. The van der Waals surface area contributed by atoms with E-state index in [0.29, 0.717) is 0 Å². The van der Waals surface area contributed by atoms with Crippen LogP contribution in [-0.4, -0.2) is 49.7 Å². The Kier molecular flexibility index (Phi) is 5.60. The maximum absolute atomic E-state index is 5.43. The molecule has 0 N–H and O–H groups in total. The summed E-state index contributed by atoms with van der Waals surface area (Å²) in [5.74, 6) is 0.888. The van der Waals surface area contributed by atoms with E-state index in [0.717, 1.165) is 54.9 Å². The van der Waals surface area contributed by atoms with Gasteiger partial charge in [-0.15, -0.1) is 0 Å². The average molecular weight is 426 g/mol. The second-order valence-electron chi connectivity index (χ2n) is 6.93. The normalized spacial score (nSPS) is 15.3. The molecule has 1 aromatic heterocycles. The van der Waals surface area contributed by atoms with Crippen molar-refractivity contribution in [3.63, 3.8) is 0 Å². The van der Waals surface area contributed by atoms with E-state index in [4.69, 9.17) is 4.74 Å². The number of hydrogen-bond donors (Lipinski definition) is 0. The maximum Gasteiger partial charge on any atom is 0.135 e. The summed E-state index contributed by atoms with van der Waals surface area (Å²) in [5.41, 5.74) is 3.61. The number of pyridine rings is 1. The van der Waals surface area contributed by atoms with Gasteiger partial charge in [0.25, 0.3) is 0 Å². The molecule has 0 spiro atoms. The van der Waals surface area contributed by atoms with Crippen molar-refractivity contribution in [3.05, 3.63) is 64.8 Å². The molecule has 0 saturated carbocycles. The molecule has 0 unspecified atom stereocenters. The summed E-state index contributed by atoms with van der Waals surface area (Å²) in [6.45, 7) is 5.33. The Morgan fingerprint density at radius 1 is 1.04 bits per heavy atom. The molecule has 1 saturated heterocycles. The Hall–Kier alpha value is -2.11. The highest BCUT2D eigenvalue weighted by Crippen LogP contribution is 2.30. The van der Waals surface area contributed by atoms with Crippen LogP contribution in [-0.2, 0) is 6.42 Å². The largest absolute Gasteiger partial charge is 0.495 e. The van der Waals surface area contributed by atoms with E-state index >= 15 is 0 Å². The van der Waals surface area contributed by atoms with Gasteiger partial charge in [-0.05, 0) is 52.2 Å². The molecule has 0 amide bonds. The van der Waals surface area contributed by atoms with Crippen molar-refractivity contribution in [3.8, 4) is 5.75 Å². The van der Waals surface area contributed by atoms with Crippen molar-refractivity contribution in [1.82, 2.24) is 9.88 Å². The smallest absolute Gasteiger partial charge is 0.135 e. The summed E-state index contributed by atoms with van der Waals surface area (Å²) in [6.07, 6.45) is 3.07. The van der Waals surface area contributed by atoms with Gasteiger partial charge in [-0.1, -0.05) is 18.2 Å². The number of para-hydroxylation sites is 1. The molecule has 0 atom stereocenters. The molecule has 0 radical (unpaired) electrons. The molecule has 1 fully saturated rings. The van der Waals surface area contributed by atoms with Crippen molar-refractivity contribution in [1.29, 1.82) is 0 Å². The van der Waals surface area contributed by atoms with Crippen LogP contribution in [0.5, 0.6) is 5.75 Å². The van der Waals surface area contributed by atoms with Gasteiger partial charge in [0, 0.05) is 56.1 Å². The predicted molar refractivity (Wildman–Crippen MR) is 115 cm³/mol. The Balaban J connectivity index is 1.32. The number of ether oxygens (including phenoxy) is 1. The van der Waals surface area contributed by atoms with Crippen LogP contribution in [0.3, 0.4) is 0 Å². The fourth-order valence-electron chi connectivity index (χ4n) is 3.62. The third-order valence-corrected chi connectivity index (χ3v) is 5.89. The van der Waals surface area contributed by atoms with Gasteiger partial charge in [0.05, 0.1) is 17.1 Å². The van der Waals surface area contributed by atoms with Gasteiger partial charge < -0.3 is 9.64 Å². The second-order valence-corrected chi connectivity index (χ2v) is 7.79. The Bertz CT molecular complexity index is 922. The van der Waals surface area contributed by atoms with Gasteiger partial charge >= 0.3 is 0 Å². The van der Waals surface area contributed by atoms with E-state index in [1.165, 1.54) is 16.6 Å². The monoisotopic (exact) mass is 425 g/mol. The van der Waals surface area contributed by atoms with Crippen molar-refractivity contribution in [2.45, 2.75) is 6.42 Å². The van der Waals surface area contributed by atoms with E-state index in [1.54, 1.807) is 7.11 Å². The molecule has 2 heterocycles. The van der Waals surface area contributed by atoms with Crippen LogP contribution < -0.4 is 9.64 Å². The van der Waals surface area contributed by atoms with Crippen LogP contribution in [0, 0.1) is 0 Å². The highest BCUT2D eigenvalue weighted by atomic mass is 79.9. The lowest BCUT2D eigenvalue weighted by Crippen LogP contribution is -2.47. The van der Waals surface area contributed by atoms with Gasteiger partial charge in [-0.25, -0.2) is 0 Å². The topological polar surface area (TPSA) is 28.6 Å². The van der Waals surface area contributed by atoms with Crippen LogP contribution in [0.4, 0.5) is 5.69 Å². The Morgan fingerprint density at radius 3 is 2.67 bits per heavy atom. The quantitative estimate of drug-likeness (QED) is 0.606. The number of methoxy groups -OCH3 is 1. The lowest BCUT2D eigenvalue weighted by Gasteiger charge is -2.36. The van der Waals surface area contributed by atoms with E-state index in [9.17, 15) is 0 Å². The van der Waals surface area contributed by atoms with Crippen molar-refractivity contribution in [2.75, 3.05) is 44.7 Å². The third kappa shape index (κ3) is 4.25. The van der Waals surface area contributed by atoms with Crippen LogP contribution in [0.15, 0.2) is 59.2 Å². The van der Waals surface area contributed by atoms with Crippen LogP contribution in [0.2, 0.25) is 0 Å². The van der Waals surface area contributed by atoms with Crippen LogP contribution in [0.25, 0.3) is 10.9 Å². The fourth-order valence-corrected chi connectivity index (χ4v) is 4.02. The lowest BCUT2D eigenvalue weighted by molar-refractivity contribution is 0.261. The van der Waals surface area contributed by atoms with Crippen molar-refractivity contribution < 1.29 is 4.74 Å². The number of fused-ring (bicyclic) bond motifs is 1. The molecular weight excluding hydrogens is 402 g/mol. The molecule has 0 bridgehead atoms. The molecule has 2 aromatic carbocycles. The minimum absolute atomic E-state index is 0.888. The number of aromatic nitrogens is 1. The molecule has 27 heavy (non-hydrogen) atoms.